The topological polar surface area (TPSA) is 41.6 Å². The summed E-state index contributed by atoms with van der Waals surface area (Å²) in [5, 5.41) is 0. The summed E-state index contributed by atoms with van der Waals surface area (Å²) >= 11 is 0. The molecular weight excluding hydrogens is 212 g/mol. The van der Waals surface area contributed by atoms with E-state index in [9.17, 15) is 8.78 Å². The van der Waals surface area contributed by atoms with Gasteiger partial charge in [0.25, 0.3) is 0 Å². The first-order valence-electron chi connectivity index (χ1n) is 5.04. The minimum absolute atomic E-state index is 0.145. The monoisotopic (exact) mass is 225 g/mol. The van der Waals surface area contributed by atoms with Gasteiger partial charge in [-0.1, -0.05) is 12.1 Å². The molecule has 0 fully saturated rings. The summed E-state index contributed by atoms with van der Waals surface area (Å²) in [4.78, 5) is 5.81. The van der Waals surface area contributed by atoms with Crippen LogP contribution in [0.4, 0.5) is 8.78 Å². The van der Waals surface area contributed by atoms with Gasteiger partial charge in [0.1, 0.15) is 0 Å². The van der Waals surface area contributed by atoms with Gasteiger partial charge in [0.05, 0.1) is 6.54 Å². The first-order chi connectivity index (χ1) is 7.59. The molecule has 0 radical (unpaired) electrons. The molecule has 0 spiro atoms. The van der Waals surface area contributed by atoms with E-state index in [0.29, 0.717) is 24.6 Å². The van der Waals surface area contributed by atoms with Gasteiger partial charge in [-0.15, -0.1) is 0 Å². The van der Waals surface area contributed by atoms with E-state index in [1.54, 1.807) is 18.0 Å². The van der Waals surface area contributed by atoms with Gasteiger partial charge >= 0.3 is 0 Å². The zero-order chi connectivity index (χ0) is 11.7. The lowest BCUT2D eigenvalue weighted by molar-refractivity contribution is 0.406. The lowest BCUT2D eigenvalue weighted by Gasteiger charge is -2.29. The molecule has 1 aliphatic rings. The Hall–Kier alpha value is -1.65. The Labute approximate surface area is 92.6 Å². The predicted octanol–water partition coefficient (Wildman–Crippen LogP) is 1.31. The van der Waals surface area contributed by atoms with Crippen LogP contribution < -0.4 is 5.73 Å². The van der Waals surface area contributed by atoms with Crippen LogP contribution in [0, 0.1) is 11.6 Å². The lowest BCUT2D eigenvalue weighted by Crippen LogP contribution is -2.41. The highest BCUT2D eigenvalue weighted by Gasteiger charge is 2.23. The van der Waals surface area contributed by atoms with Crippen LogP contribution in [0.25, 0.3) is 0 Å². The summed E-state index contributed by atoms with van der Waals surface area (Å²) in [6, 6.07) is 4.21. The van der Waals surface area contributed by atoms with Crippen molar-refractivity contribution in [1.82, 2.24) is 4.90 Å². The molecule has 1 aromatic carbocycles. The molecule has 0 aliphatic carbocycles. The molecule has 0 saturated heterocycles. The van der Waals surface area contributed by atoms with E-state index < -0.39 is 11.6 Å². The zero-order valence-electron chi connectivity index (χ0n) is 8.95. The number of nitrogens with zero attached hydrogens (tertiary/aromatic N) is 2. The van der Waals surface area contributed by atoms with Crippen molar-refractivity contribution >= 4 is 5.96 Å². The second kappa shape index (κ2) is 4.08. The van der Waals surface area contributed by atoms with Crippen LogP contribution in [0.1, 0.15) is 11.5 Å². The third kappa shape index (κ3) is 1.85. The van der Waals surface area contributed by atoms with E-state index in [1.807, 2.05) is 0 Å². The van der Waals surface area contributed by atoms with E-state index in [4.69, 9.17) is 5.73 Å². The number of rotatable bonds is 1. The van der Waals surface area contributed by atoms with E-state index in [1.165, 1.54) is 6.07 Å². The van der Waals surface area contributed by atoms with Gasteiger partial charge in [0, 0.05) is 19.5 Å². The molecule has 0 aromatic heterocycles. The minimum atomic E-state index is -0.817. The van der Waals surface area contributed by atoms with Gasteiger partial charge in [-0.2, -0.15) is 0 Å². The maximum absolute atomic E-state index is 13.5. The fourth-order valence-corrected chi connectivity index (χ4v) is 1.84. The molecular formula is C11H13F2N3. The molecule has 3 nitrogen and oxygen atoms in total. The molecule has 16 heavy (non-hydrogen) atoms. The van der Waals surface area contributed by atoms with E-state index in [-0.39, 0.29) is 5.92 Å². The molecule has 1 heterocycles. The summed E-state index contributed by atoms with van der Waals surface area (Å²) in [6.07, 6.45) is 0. The van der Waals surface area contributed by atoms with Crippen molar-refractivity contribution in [3.05, 3.63) is 35.4 Å². The van der Waals surface area contributed by atoms with E-state index >= 15 is 0 Å². The molecule has 86 valence electrons. The average Bonchev–Trinajstić information content (AvgIpc) is 2.26. The van der Waals surface area contributed by atoms with Crippen molar-refractivity contribution < 1.29 is 8.78 Å². The fourth-order valence-electron chi connectivity index (χ4n) is 1.84. The standard InChI is InChI=1S/C11H13F2N3/c1-16-6-7(5-15-11(16)14)8-3-2-4-9(12)10(8)13/h2-4,7H,5-6H2,1H3,(H2,14,15). The number of nitrogens with two attached hydrogens (primary N) is 1. The van der Waals surface area contributed by atoms with Gasteiger partial charge < -0.3 is 10.6 Å². The van der Waals surface area contributed by atoms with Crippen molar-refractivity contribution in [1.29, 1.82) is 0 Å². The summed E-state index contributed by atoms with van der Waals surface area (Å²) < 4.78 is 26.6. The third-order valence-electron chi connectivity index (χ3n) is 2.78. The SMILES string of the molecule is CN1CC(c2cccc(F)c2F)CN=C1N. The Morgan fingerprint density at radius 3 is 2.88 bits per heavy atom. The van der Waals surface area contributed by atoms with Gasteiger partial charge in [-0.25, -0.2) is 8.78 Å². The third-order valence-corrected chi connectivity index (χ3v) is 2.78. The zero-order valence-corrected chi connectivity index (χ0v) is 8.95. The molecule has 2 N–H and O–H groups in total. The van der Waals surface area contributed by atoms with Crippen molar-refractivity contribution in [3.63, 3.8) is 0 Å². The first-order valence-corrected chi connectivity index (χ1v) is 5.04. The molecule has 0 saturated carbocycles. The number of benzene rings is 1. The minimum Gasteiger partial charge on any atom is -0.370 e. The summed E-state index contributed by atoms with van der Waals surface area (Å²) in [7, 11) is 1.78. The van der Waals surface area contributed by atoms with Crippen molar-refractivity contribution in [3.8, 4) is 0 Å². The van der Waals surface area contributed by atoms with Crippen molar-refractivity contribution in [2.24, 2.45) is 10.7 Å². The highest BCUT2D eigenvalue weighted by molar-refractivity contribution is 5.78. The lowest BCUT2D eigenvalue weighted by atomic mass is 9.97. The number of likely N-dealkylation sites (N-methyl/N-ethyl adjacent to an activating group) is 1. The molecule has 1 atom stereocenters. The van der Waals surface area contributed by atoms with E-state index in [0.717, 1.165) is 6.07 Å². The fraction of sp³-hybridized carbons (Fsp3) is 0.364. The second-order valence-corrected chi connectivity index (χ2v) is 3.92. The molecule has 0 amide bonds. The summed E-state index contributed by atoms with van der Waals surface area (Å²) in [5.41, 5.74) is 5.96. The van der Waals surface area contributed by atoms with Gasteiger partial charge in [-0.05, 0) is 11.6 Å². The van der Waals surface area contributed by atoms with Crippen LogP contribution in [-0.2, 0) is 0 Å². The Bertz CT molecular complexity index is 431. The molecule has 1 aliphatic heterocycles. The smallest absolute Gasteiger partial charge is 0.191 e. The Kier molecular flexibility index (Phi) is 2.77. The van der Waals surface area contributed by atoms with Crippen LogP contribution in [-0.4, -0.2) is 31.0 Å². The van der Waals surface area contributed by atoms with Crippen molar-refractivity contribution in [2.45, 2.75) is 5.92 Å². The highest BCUT2D eigenvalue weighted by atomic mass is 19.2. The molecule has 1 unspecified atom stereocenters. The Balaban J connectivity index is 2.29. The highest BCUT2D eigenvalue weighted by Crippen LogP contribution is 2.24. The maximum Gasteiger partial charge on any atom is 0.191 e. The number of guanidine groups is 1. The van der Waals surface area contributed by atoms with Gasteiger partial charge in [0.2, 0.25) is 0 Å². The Morgan fingerprint density at radius 2 is 2.19 bits per heavy atom. The van der Waals surface area contributed by atoms with Crippen LogP contribution in [0.5, 0.6) is 0 Å². The summed E-state index contributed by atoms with van der Waals surface area (Å²) in [5.74, 6) is -1.31. The van der Waals surface area contributed by atoms with Gasteiger partial charge in [-0.3, -0.25) is 4.99 Å². The van der Waals surface area contributed by atoms with Crippen LogP contribution in [0.2, 0.25) is 0 Å². The van der Waals surface area contributed by atoms with Crippen LogP contribution >= 0.6 is 0 Å². The van der Waals surface area contributed by atoms with Gasteiger partial charge in [0.15, 0.2) is 17.6 Å². The van der Waals surface area contributed by atoms with Crippen LogP contribution in [0.15, 0.2) is 23.2 Å². The number of hydrogen-bond acceptors (Lipinski definition) is 3. The van der Waals surface area contributed by atoms with E-state index in [2.05, 4.69) is 4.99 Å². The predicted molar refractivity (Wildman–Crippen MR) is 58.2 cm³/mol. The largest absolute Gasteiger partial charge is 0.370 e. The quantitative estimate of drug-likeness (QED) is 0.783. The number of hydrogen-bond donors (Lipinski definition) is 1. The Morgan fingerprint density at radius 1 is 1.44 bits per heavy atom. The maximum atomic E-state index is 13.5. The average molecular weight is 225 g/mol. The summed E-state index contributed by atoms with van der Waals surface area (Å²) in [6.45, 7) is 0.951. The molecule has 1 aromatic rings. The second-order valence-electron chi connectivity index (χ2n) is 3.92. The normalized spacial score (nSPS) is 20.8. The first kappa shape index (κ1) is 10.9. The van der Waals surface area contributed by atoms with Crippen molar-refractivity contribution in [2.75, 3.05) is 20.1 Å². The molecule has 5 heteroatoms. The van der Waals surface area contributed by atoms with Crippen LogP contribution in [0.3, 0.4) is 0 Å². The number of aliphatic imine (C=N–C) groups is 1. The number of halogens is 2. The molecule has 2 rings (SSSR count). The molecule has 0 bridgehead atoms.